The van der Waals surface area contributed by atoms with Crippen LogP contribution in [-0.4, -0.2) is 49.2 Å². The predicted octanol–water partition coefficient (Wildman–Crippen LogP) is 0.835. The molecule has 1 aromatic carbocycles. The summed E-state index contributed by atoms with van der Waals surface area (Å²) in [5.74, 6) is 0.329. The summed E-state index contributed by atoms with van der Waals surface area (Å²) in [5.41, 5.74) is 0.310. The van der Waals surface area contributed by atoms with Crippen molar-refractivity contribution in [3.8, 4) is 11.5 Å². The average molecular weight is 250 g/mol. The summed E-state index contributed by atoms with van der Waals surface area (Å²) in [4.78, 5) is 13.9. The quantitative estimate of drug-likeness (QED) is 0.834. The van der Waals surface area contributed by atoms with Gasteiger partial charge in [0.1, 0.15) is 11.5 Å². The van der Waals surface area contributed by atoms with Gasteiger partial charge in [-0.1, -0.05) is 0 Å². The number of phenols is 1. The van der Waals surface area contributed by atoms with Crippen molar-refractivity contribution >= 4 is 5.91 Å². The number of rotatable bonds is 3. The molecule has 0 spiro atoms. The van der Waals surface area contributed by atoms with Gasteiger partial charge in [0.2, 0.25) is 0 Å². The highest BCUT2D eigenvalue weighted by Gasteiger charge is 2.25. The number of likely N-dealkylation sites (N-methyl/N-ethyl adjacent to an activating group) is 1. The maximum Gasteiger partial charge on any atom is 0.257 e. The lowest BCUT2D eigenvalue weighted by Gasteiger charge is -2.24. The minimum Gasteiger partial charge on any atom is -0.507 e. The molecule has 1 saturated heterocycles. The van der Waals surface area contributed by atoms with E-state index < -0.39 is 0 Å². The zero-order valence-corrected chi connectivity index (χ0v) is 10.6. The number of aromatic hydroxyl groups is 1. The average Bonchev–Trinajstić information content (AvgIpc) is 2.90. The molecule has 1 aliphatic heterocycles. The molecule has 1 heterocycles. The molecule has 2 N–H and O–H groups in total. The Balaban J connectivity index is 2.17. The summed E-state index contributed by atoms with van der Waals surface area (Å²) in [5, 5.41) is 13.1. The van der Waals surface area contributed by atoms with Gasteiger partial charge in [-0.2, -0.15) is 0 Å². The van der Waals surface area contributed by atoms with E-state index in [2.05, 4.69) is 5.32 Å². The molecule has 5 heteroatoms. The predicted molar refractivity (Wildman–Crippen MR) is 68.0 cm³/mol. The van der Waals surface area contributed by atoms with Crippen LogP contribution in [0.5, 0.6) is 11.5 Å². The number of ether oxygens (including phenoxy) is 1. The number of nitrogens with one attached hydrogen (secondary N) is 1. The molecule has 98 valence electrons. The highest BCUT2D eigenvalue weighted by molar-refractivity contribution is 5.97. The van der Waals surface area contributed by atoms with E-state index in [1.807, 2.05) is 0 Å². The van der Waals surface area contributed by atoms with Crippen molar-refractivity contribution in [3.63, 3.8) is 0 Å². The maximum atomic E-state index is 12.2. The number of carbonyl (C=O) groups is 1. The van der Waals surface area contributed by atoms with Crippen molar-refractivity contribution in [1.82, 2.24) is 10.2 Å². The first-order valence-electron chi connectivity index (χ1n) is 5.98. The SMILES string of the molecule is COc1ccc(C(=O)N(C)C2CCNC2)c(O)c1. The molecule has 1 aliphatic rings. The monoisotopic (exact) mass is 250 g/mol. The van der Waals surface area contributed by atoms with E-state index >= 15 is 0 Å². The number of hydrogen-bond donors (Lipinski definition) is 2. The van der Waals surface area contributed by atoms with E-state index in [4.69, 9.17) is 4.74 Å². The lowest BCUT2D eigenvalue weighted by atomic mass is 10.1. The van der Waals surface area contributed by atoms with E-state index in [-0.39, 0.29) is 17.7 Å². The molecule has 0 saturated carbocycles. The van der Waals surface area contributed by atoms with E-state index in [9.17, 15) is 9.90 Å². The van der Waals surface area contributed by atoms with Crippen molar-refractivity contribution in [1.29, 1.82) is 0 Å². The Bertz CT molecular complexity index is 442. The minimum absolute atomic E-state index is 0.0443. The highest BCUT2D eigenvalue weighted by atomic mass is 16.5. The van der Waals surface area contributed by atoms with Gasteiger partial charge in [0.15, 0.2) is 0 Å². The van der Waals surface area contributed by atoms with Crippen molar-refractivity contribution in [2.45, 2.75) is 12.5 Å². The Morgan fingerprint density at radius 1 is 1.56 bits per heavy atom. The van der Waals surface area contributed by atoms with Gasteiger partial charge in [-0.25, -0.2) is 0 Å². The van der Waals surface area contributed by atoms with Crippen LogP contribution in [-0.2, 0) is 0 Å². The second kappa shape index (κ2) is 5.27. The van der Waals surface area contributed by atoms with Crippen LogP contribution in [0.3, 0.4) is 0 Å². The Hall–Kier alpha value is -1.75. The number of benzene rings is 1. The minimum atomic E-state index is -0.163. The molecule has 1 unspecified atom stereocenters. The first kappa shape index (κ1) is 12.7. The normalized spacial score (nSPS) is 18.7. The van der Waals surface area contributed by atoms with Crippen molar-refractivity contribution in [2.75, 3.05) is 27.2 Å². The van der Waals surface area contributed by atoms with Crippen LogP contribution < -0.4 is 10.1 Å². The fourth-order valence-electron chi connectivity index (χ4n) is 2.15. The molecule has 1 atom stereocenters. The molecule has 0 radical (unpaired) electrons. The molecular formula is C13H18N2O3. The summed E-state index contributed by atoms with van der Waals surface area (Å²) in [6.07, 6.45) is 0.944. The van der Waals surface area contributed by atoms with Gasteiger partial charge in [-0.05, 0) is 25.1 Å². The first-order valence-corrected chi connectivity index (χ1v) is 5.98. The van der Waals surface area contributed by atoms with Crippen LogP contribution in [0.15, 0.2) is 18.2 Å². The van der Waals surface area contributed by atoms with E-state index in [1.165, 1.54) is 13.2 Å². The lowest BCUT2D eigenvalue weighted by molar-refractivity contribution is 0.0740. The molecule has 1 fully saturated rings. The van der Waals surface area contributed by atoms with Crippen LogP contribution in [0.4, 0.5) is 0 Å². The smallest absolute Gasteiger partial charge is 0.257 e. The molecule has 1 aromatic rings. The number of phenolic OH excluding ortho intramolecular Hbond substituents is 1. The standard InChI is InChI=1S/C13H18N2O3/c1-15(9-5-6-14-8-9)13(17)11-4-3-10(18-2)7-12(11)16/h3-4,7,9,14,16H,5-6,8H2,1-2H3. The summed E-state index contributed by atoms with van der Waals surface area (Å²) in [6.45, 7) is 1.73. The molecule has 0 aromatic heterocycles. The third-order valence-electron chi connectivity index (χ3n) is 3.34. The van der Waals surface area contributed by atoms with Gasteiger partial charge in [0.25, 0.3) is 5.91 Å². The summed E-state index contributed by atoms with van der Waals surface area (Å²) < 4.78 is 5.00. The number of hydrogen-bond acceptors (Lipinski definition) is 4. The fraction of sp³-hybridized carbons (Fsp3) is 0.462. The van der Waals surface area contributed by atoms with Crippen molar-refractivity contribution in [3.05, 3.63) is 23.8 Å². The van der Waals surface area contributed by atoms with Crippen LogP contribution in [0.2, 0.25) is 0 Å². The van der Waals surface area contributed by atoms with Gasteiger partial charge < -0.3 is 20.1 Å². The lowest BCUT2D eigenvalue weighted by Crippen LogP contribution is -2.38. The molecular weight excluding hydrogens is 232 g/mol. The third-order valence-corrected chi connectivity index (χ3v) is 3.34. The molecule has 1 amide bonds. The molecule has 2 rings (SSSR count). The van der Waals surface area contributed by atoms with Crippen LogP contribution in [0, 0.1) is 0 Å². The summed E-state index contributed by atoms with van der Waals surface area (Å²) in [7, 11) is 3.29. The van der Waals surface area contributed by atoms with Gasteiger partial charge in [-0.3, -0.25) is 4.79 Å². The second-order valence-electron chi connectivity index (χ2n) is 4.45. The fourth-order valence-corrected chi connectivity index (χ4v) is 2.15. The molecule has 0 aliphatic carbocycles. The number of methoxy groups -OCH3 is 1. The van der Waals surface area contributed by atoms with Crippen LogP contribution in [0.1, 0.15) is 16.8 Å². The van der Waals surface area contributed by atoms with Gasteiger partial charge >= 0.3 is 0 Å². The highest BCUT2D eigenvalue weighted by Crippen LogP contribution is 2.25. The zero-order chi connectivity index (χ0) is 13.1. The summed E-state index contributed by atoms with van der Waals surface area (Å²) >= 11 is 0. The Labute approximate surface area is 106 Å². The molecule has 18 heavy (non-hydrogen) atoms. The number of nitrogens with zero attached hydrogens (tertiary/aromatic N) is 1. The Morgan fingerprint density at radius 2 is 2.33 bits per heavy atom. The summed E-state index contributed by atoms with van der Waals surface area (Å²) in [6, 6.07) is 4.91. The van der Waals surface area contributed by atoms with Crippen molar-refractivity contribution < 1.29 is 14.6 Å². The van der Waals surface area contributed by atoms with Crippen LogP contribution in [0.25, 0.3) is 0 Å². The first-order chi connectivity index (χ1) is 8.63. The largest absolute Gasteiger partial charge is 0.507 e. The van der Waals surface area contributed by atoms with E-state index in [0.717, 1.165) is 19.5 Å². The topological polar surface area (TPSA) is 61.8 Å². The Kier molecular flexibility index (Phi) is 3.72. The zero-order valence-electron chi connectivity index (χ0n) is 10.6. The number of amides is 1. The van der Waals surface area contributed by atoms with E-state index in [0.29, 0.717) is 11.3 Å². The van der Waals surface area contributed by atoms with Gasteiger partial charge in [0, 0.05) is 25.7 Å². The van der Waals surface area contributed by atoms with Crippen molar-refractivity contribution in [2.24, 2.45) is 0 Å². The maximum absolute atomic E-state index is 12.2. The van der Waals surface area contributed by atoms with Gasteiger partial charge in [-0.15, -0.1) is 0 Å². The van der Waals surface area contributed by atoms with Gasteiger partial charge in [0.05, 0.1) is 12.7 Å². The molecule has 5 nitrogen and oxygen atoms in total. The van der Waals surface area contributed by atoms with E-state index in [1.54, 1.807) is 24.1 Å². The third kappa shape index (κ3) is 2.41. The molecule has 0 bridgehead atoms. The van der Waals surface area contributed by atoms with Crippen LogP contribution >= 0.6 is 0 Å². The Morgan fingerprint density at radius 3 is 2.89 bits per heavy atom. The second-order valence-corrected chi connectivity index (χ2v) is 4.45. The number of carbonyl (C=O) groups excluding carboxylic acids is 1.